The smallest absolute Gasteiger partial charge is 0.214 e. The minimum absolute atomic E-state index is 0.159. The SMILES string of the molecule is CC(CO)(CO)NCCCCn1ccc2c1C(=O)c1c(c(O)c3ccccc3c1O)C2=O. The van der Waals surface area contributed by atoms with Crippen molar-refractivity contribution in [3.05, 3.63) is 58.9 Å². The number of rotatable bonds is 8. The third-order valence-electron chi connectivity index (χ3n) is 6.11. The summed E-state index contributed by atoms with van der Waals surface area (Å²) in [4.78, 5) is 26.5. The van der Waals surface area contributed by atoms with Crippen LogP contribution >= 0.6 is 0 Å². The monoisotopic (exact) mass is 438 g/mol. The highest BCUT2D eigenvalue weighted by molar-refractivity contribution is 6.32. The fourth-order valence-corrected chi connectivity index (χ4v) is 4.15. The average Bonchev–Trinajstić information content (AvgIpc) is 3.24. The van der Waals surface area contributed by atoms with Gasteiger partial charge in [-0.3, -0.25) is 9.59 Å². The Labute approximate surface area is 184 Å². The first-order chi connectivity index (χ1) is 15.3. The summed E-state index contributed by atoms with van der Waals surface area (Å²) in [6, 6.07) is 8.12. The summed E-state index contributed by atoms with van der Waals surface area (Å²) in [5, 5.41) is 43.9. The van der Waals surface area contributed by atoms with Crippen LogP contribution in [0.2, 0.25) is 0 Å². The number of fused-ring (bicyclic) bond motifs is 3. The van der Waals surface area contributed by atoms with Crippen LogP contribution in [0.25, 0.3) is 10.8 Å². The Morgan fingerprint density at radius 2 is 1.50 bits per heavy atom. The van der Waals surface area contributed by atoms with Gasteiger partial charge in [0.1, 0.15) is 17.2 Å². The molecule has 8 heteroatoms. The molecule has 0 saturated carbocycles. The third kappa shape index (κ3) is 3.46. The summed E-state index contributed by atoms with van der Waals surface area (Å²) in [7, 11) is 0. The van der Waals surface area contributed by atoms with Gasteiger partial charge in [-0.15, -0.1) is 0 Å². The number of aromatic hydroxyl groups is 2. The molecule has 0 amide bonds. The van der Waals surface area contributed by atoms with Gasteiger partial charge in [-0.05, 0) is 32.4 Å². The zero-order valence-electron chi connectivity index (χ0n) is 17.8. The number of phenols is 2. The third-order valence-corrected chi connectivity index (χ3v) is 6.11. The van der Waals surface area contributed by atoms with Gasteiger partial charge < -0.3 is 30.3 Å². The number of carbonyl (C=O) groups is 2. The summed E-state index contributed by atoms with van der Waals surface area (Å²) < 4.78 is 1.70. The van der Waals surface area contributed by atoms with Crippen LogP contribution in [0.5, 0.6) is 11.5 Å². The van der Waals surface area contributed by atoms with E-state index in [4.69, 9.17) is 0 Å². The minimum Gasteiger partial charge on any atom is -0.506 e. The molecule has 8 nitrogen and oxygen atoms in total. The van der Waals surface area contributed by atoms with E-state index in [0.29, 0.717) is 30.3 Å². The van der Waals surface area contributed by atoms with Crippen molar-refractivity contribution < 1.29 is 30.0 Å². The molecule has 0 saturated heterocycles. The molecule has 1 aliphatic rings. The second-order valence-corrected chi connectivity index (χ2v) is 8.43. The number of nitrogens with zero attached hydrogens (tertiary/aromatic N) is 1. The highest BCUT2D eigenvalue weighted by Crippen LogP contribution is 2.44. The zero-order chi connectivity index (χ0) is 23.0. The van der Waals surface area contributed by atoms with E-state index >= 15 is 0 Å². The number of aryl methyl sites for hydroxylation is 1. The second-order valence-electron chi connectivity index (χ2n) is 8.43. The van der Waals surface area contributed by atoms with E-state index in [1.807, 2.05) is 0 Å². The Balaban J connectivity index is 1.59. The number of hydrogen-bond acceptors (Lipinski definition) is 7. The van der Waals surface area contributed by atoms with E-state index < -0.39 is 17.1 Å². The van der Waals surface area contributed by atoms with Crippen molar-refractivity contribution >= 4 is 22.3 Å². The lowest BCUT2D eigenvalue weighted by Crippen LogP contribution is -2.49. The lowest BCUT2D eigenvalue weighted by molar-refractivity contribution is 0.0968. The fraction of sp³-hybridized carbons (Fsp3) is 0.333. The van der Waals surface area contributed by atoms with Crippen LogP contribution in [-0.4, -0.2) is 61.9 Å². The molecule has 1 aliphatic carbocycles. The maximum absolute atomic E-state index is 13.3. The van der Waals surface area contributed by atoms with Crippen LogP contribution in [0.15, 0.2) is 36.5 Å². The summed E-state index contributed by atoms with van der Waals surface area (Å²) in [5.41, 5.74) is -0.661. The zero-order valence-corrected chi connectivity index (χ0v) is 17.8. The molecule has 1 heterocycles. The van der Waals surface area contributed by atoms with Gasteiger partial charge in [0.25, 0.3) is 0 Å². The quantitative estimate of drug-likeness (QED) is 0.210. The van der Waals surface area contributed by atoms with Crippen molar-refractivity contribution in [2.24, 2.45) is 0 Å². The molecule has 32 heavy (non-hydrogen) atoms. The summed E-state index contributed by atoms with van der Waals surface area (Å²) >= 11 is 0. The molecule has 0 fully saturated rings. The largest absolute Gasteiger partial charge is 0.506 e. The maximum Gasteiger partial charge on any atom is 0.214 e. The van der Waals surface area contributed by atoms with Crippen LogP contribution < -0.4 is 5.32 Å². The van der Waals surface area contributed by atoms with Crippen LogP contribution in [0.1, 0.15) is 51.7 Å². The Hall–Kier alpha value is -3.20. The molecular formula is C24H26N2O6. The Bertz CT molecular complexity index is 1210. The van der Waals surface area contributed by atoms with Crippen molar-refractivity contribution in [2.75, 3.05) is 19.8 Å². The molecule has 5 N–H and O–H groups in total. The number of aliphatic hydroxyl groups excluding tert-OH is 2. The molecule has 3 aromatic rings. The van der Waals surface area contributed by atoms with Gasteiger partial charge >= 0.3 is 0 Å². The normalized spacial score (nSPS) is 13.5. The van der Waals surface area contributed by atoms with Crippen molar-refractivity contribution in [3.8, 4) is 11.5 Å². The first kappa shape index (κ1) is 22.0. The standard InChI is InChI=1S/C24H26N2O6/c1-24(12-27,13-28)25-9-4-5-10-26-11-8-16-19(26)23(32)18-17(22(16)31)20(29)14-6-2-3-7-15(14)21(18)30/h2-3,6-8,11,25,27-30H,4-5,9-10,12-13H2,1H3. The second kappa shape index (κ2) is 8.38. The number of ketones is 2. The van der Waals surface area contributed by atoms with Gasteiger partial charge in [0, 0.05) is 23.5 Å². The number of hydrogen-bond donors (Lipinski definition) is 5. The fourth-order valence-electron chi connectivity index (χ4n) is 4.15. The molecule has 168 valence electrons. The number of phenolic OH excluding ortho intramolecular Hbond substituents is 2. The Kier molecular flexibility index (Phi) is 5.77. The Morgan fingerprint density at radius 1 is 0.906 bits per heavy atom. The molecule has 0 aliphatic heterocycles. The average molecular weight is 438 g/mol. The molecule has 0 atom stereocenters. The van der Waals surface area contributed by atoms with E-state index in [1.165, 1.54) is 0 Å². The van der Waals surface area contributed by atoms with Gasteiger partial charge in [-0.1, -0.05) is 24.3 Å². The first-order valence-corrected chi connectivity index (χ1v) is 10.5. The van der Waals surface area contributed by atoms with E-state index in [2.05, 4.69) is 5.32 Å². The Morgan fingerprint density at radius 3 is 2.09 bits per heavy atom. The number of nitrogens with one attached hydrogen (secondary N) is 1. The maximum atomic E-state index is 13.3. The predicted molar refractivity (Wildman–Crippen MR) is 118 cm³/mol. The number of carbonyl (C=O) groups excluding carboxylic acids is 2. The number of aliphatic hydroxyl groups is 2. The van der Waals surface area contributed by atoms with Gasteiger partial charge in [0.15, 0.2) is 5.78 Å². The molecular weight excluding hydrogens is 412 g/mol. The minimum atomic E-state index is -0.749. The van der Waals surface area contributed by atoms with Gasteiger partial charge in [0.05, 0.1) is 35.4 Å². The summed E-state index contributed by atoms with van der Waals surface area (Å²) in [6.45, 7) is 2.39. The molecule has 0 radical (unpaired) electrons. The molecule has 4 rings (SSSR count). The van der Waals surface area contributed by atoms with Gasteiger partial charge in [0.2, 0.25) is 5.78 Å². The van der Waals surface area contributed by atoms with Crippen LogP contribution in [0, 0.1) is 0 Å². The van der Waals surface area contributed by atoms with Gasteiger partial charge in [-0.2, -0.15) is 0 Å². The summed E-state index contributed by atoms with van der Waals surface area (Å²) in [5.74, 6) is -1.59. The van der Waals surface area contributed by atoms with Crippen molar-refractivity contribution in [1.29, 1.82) is 0 Å². The van der Waals surface area contributed by atoms with Crippen LogP contribution in [-0.2, 0) is 6.54 Å². The number of benzene rings is 2. The highest BCUT2D eigenvalue weighted by Gasteiger charge is 2.38. The first-order valence-electron chi connectivity index (χ1n) is 10.5. The molecule has 0 unspecified atom stereocenters. The lowest BCUT2D eigenvalue weighted by Gasteiger charge is -2.26. The molecule has 2 aromatic carbocycles. The molecule has 0 bridgehead atoms. The molecule has 0 spiro atoms. The van der Waals surface area contributed by atoms with E-state index in [9.17, 15) is 30.0 Å². The summed E-state index contributed by atoms with van der Waals surface area (Å²) in [6.07, 6.45) is 3.07. The predicted octanol–water partition coefficient (Wildman–Crippen LogP) is 1.94. The van der Waals surface area contributed by atoms with Crippen molar-refractivity contribution in [3.63, 3.8) is 0 Å². The van der Waals surface area contributed by atoms with E-state index in [1.54, 1.807) is 48.0 Å². The van der Waals surface area contributed by atoms with Crippen LogP contribution in [0.4, 0.5) is 0 Å². The van der Waals surface area contributed by atoms with Crippen molar-refractivity contribution in [1.82, 2.24) is 9.88 Å². The molecule has 1 aromatic heterocycles. The van der Waals surface area contributed by atoms with Crippen molar-refractivity contribution in [2.45, 2.75) is 31.8 Å². The number of unbranched alkanes of at least 4 members (excludes halogenated alkanes) is 1. The van der Waals surface area contributed by atoms with E-state index in [0.717, 1.165) is 6.42 Å². The van der Waals surface area contributed by atoms with E-state index in [-0.39, 0.29) is 47.1 Å². The topological polar surface area (TPSA) is 132 Å². The lowest BCUT2D eigenvalue weighted by atomic mass is 9.84. The van der Waals surface area contributed by atoms with Crippen LogP contribution in [0.3, 0.4) is 0 Å². The van der Waals surface area contributed by atoms with Gasteiger partial charge in [-0.25, -0.2) is 0 Å². The highest BCUT2D eigenvalue weighted by atomic mass is 16.3. The number of aromatic nitrogens is 1.